The fourth-order valence-electron chi connectivity index (χ4n) is 1.10. The molecule has 88 valence electrons. The van der Waals surface area contributed by atoms with Crippen LogP contribution < -0.4 is 0 Å². The molecule has 2 nitrogen and oxygen atoms in total. The van der Waals surface area contributed by atoms with E-state index in [0.717, 1.165) is 0 Å². The van der Waals surface area contributed by atoms with Crippen molar-refractivity contribution in [3.8, 4) is 6.07 Å². The zero-order valence-corrected chi connectivity index (χ0v) is 9.36. The second kappa shape index (κ2) is 5.36. The largest absolute Gasteiger partial charge is 0.401 e. The summed E-state index contributed by atoms with van der Waals surface area (Å²) in [6.45, 7) is 4.90. The van der Waals surface area contributed by atoms with Crippen molar-refractivity contribution in [2.45, 2.75) is 33.4 Å². The fraction of sp³-hybridized carbons (Fsp3) is 0.900. The first-order chi connectivity index (χ1) is 6.70. The molecule has 0 amide bonds. The summed E-state index contributed by atoms with van der Waals surface area (Å²) in [6.07, 6.45) is -3.71. The maximum absolute atomic E-state index is 12.1. The highest BCUT2D eigenvalue weighted by atomic mass is 19.4. The van der Waals surface area contributed by atoms with Crippen molar-refractivity contribution in [2.75, 3.05) is 19.6 Å². The first-order valence-corrected chi connectivity index (χ1v) is 4.90. The highest BCUT2D eigenvalue weighted by molar-refractivity contribution is 4.92. The van der Waals surface area contributed by atoms with Gasteiger partial charge >= 0.3 is 6.18 Å². The Hall–Kier alpha value is -0.760. The smallest absolute Gasteiger partial charge is 0.295 e. The van der Waals surface area contributed by atoms with Gasteiger partial charge in [-0.1, -0.05) is 6.92 Å². The molecule has 0 N–H and O–H groups in total. The van der Waals surface area contributed by atoms with Gasteiger partial charge in [0.1, 0.15) is 0 Å². The molecular weight excluding hydrogens is 205 g/mol. The summed E-state index contributed by atoms with van der Waals surface area (Å²) in [4.78, 5) is 1.30. The van der Waals surface area contributed by atoms with Gasteiger partial charge in [0.15, 0.2) is 0 Å². The van der Waals surface area contributed by atoms with Gasteiger partial charge in [-0.25, -0.2) is 0 Å². The summed E-state index contributed by atoms with van der Waals surface area (Å²) in [6, 6.07) is 2.08. The number of nitrogens with zero attached hydrogens (tertiary/aromatic N) is 2. The lowest BCUT2D eigenvalue weighted by Gasteiger charge is -2.25. The summed E-state index contributed by atoms with van der Waals surface area (Å²) in [5.41, 5.74) is -0.557. The van der Waals surface area contributed by atoms with Crippen LogP contribution in [0.1, 0.15) is 27.2 Å². The maximum Gasteiger partial charge on any atom is 0.401 e. The first kappa shape index (κ1) is 14.2. The molecule has 0 heterocycles. The molecule has 0 fully saturated rings. The van der Waals surface area contributed by atoms with Crippen molar-refractivity contribution >= 4 is 0 Å². The fourth-order valence-corrected chi connectivity index (χ4v) is 1.10. The summed E-state index contributed by atoms with van der Waals surface area (Å²) in [5.74, 6) is 0. The first-order valence-electron chi connectivity index (χ1n) is 4.90. The lowest BCUT2D eigenvalue weighted by atomic mass is 9.91. The van der Waals surface area contributed by atoms with E-state index in [9.17, 15) is 13.2 Å². The molecule has 0 rings (SSSR count). The Morgan fingerprint density at radius 3 is 2.13 bits per heavy atom. The molecule has 0 aliphatic rings. The molecule has 0 aliphatic heterocycles. The van der Waals surface area contributed by atoms with Crippen LogP contribution >= 0.6 is 0 Å². The van der Waals surface area contributed by atoms with Gasteiger partial charge in [-0.05, 0) is 33.4 Å². The molecule has 0 aromatic heterocycles. The summed E-state index contributed by atoms with van der Waals surface area (Å²) in [5, 5.41) is 8.72. The van der Waals surface area contributed by atoms with Gasteiger partial charge in [0.25, 0.3) is 0 Å². The minimum absolute atomic E-state index is 0.302. The molecule has 0 aromatic carbocycles. The van der Waals surface area contributed by atoms with Gasteiger partial charge in [-0.3, -0.25) is 4.90 Å². The van der Waals surface area contributed by atoms with Crippen molar-refractivity contribution in [3.63, 3.8) is 0 Å². The van der Waals surface area contributed by atoms with E-state index in [1.54, 1.807) is 20.8 Å². The predicted molar refractivity (Wildman–Crippen MR) is 52.2 cm³/mol. The Bertz CT molecular complexity index is 228. The Balaban J connectivity index is 4.09. The maximum atomic E-state index is 12.1. The quantitative estimate of drug-likeness (QED) is 0.715. The van der Waals surface area contributed by atoms with Crippen LogP contribution in [0.4, 0.5) is 13.2 Å². The molecule has 5 heteroatoms. The molecular formula is C10H17F3N2. The van der Waals surface area contributed by atoms with Crippen LogP contribution in [0.3, 0.4) is 0 Å². The third kappa shape index (κ3) is 7.20. The zero-order chi connectivity index (χ0) is 12.1. The van der Waals surface area contributed by atoms with Crippen LogP contribution in [0.15, 0.2) is 0 Å². The third-order valence-electron chi connectivity index (χ3n) is 2.21. The molecule has 0 saturated carbocycles. The highest BCUT2D eigenvalue weighted by Crippen LogP contribution is 2.21. The number of halogens is 3. The number of hydrogen-bond donors (Lipinski definition) is 0. The molecule has 0 bridgehead atoms. The average Bonchev–Trinajstić information content (AvgIpc) is 2.10. The Morgan fingerprint density at radius 1 is 1.27 bits per heavy atom. The van der Waals surface area contributed by atoms with E-state index >= 15 is 0 Å². The number of alkyl halides is 3. The lowest BCUT2D eigenvalue weighted by molar-refractivity contribution is -0.145. The van der Waals surface area contributed by atoms with Crippen LogP contribution in [0.2, 0.25) is 0 Å². The Morgan fingerprint density at radius 2 is 1.80 bits per heavy atom. The van der Waals surface area contributed by atoms with E-state index in [1.165, 1.54) is 4.90 Å². The second-order valence-corrected chi connectivity index (χ2v) is 4.23. The highest BCUT2D eigenvalue weighted by Gasteiger charge is 2.30. The van der Waals surface area contributed by atoms with Crippen molar-refractivity contribution in [1.82, 2.24) is 4.90 Å². The topological polar surface area (TPSA) is 27.0 Å². The van der Waals surface area contributed by atoms with E-state index < -0.39 is 18.1 Å². The van der Waals surface area contributed by atoms with E-state index in [4.69, 9.17) is 5.26 Å². The van der Waals surface area contributed by atoms with E-state index in [0.29, 0.717) is 19.5 Å². The number of hydrogen-bond acceptors (Lipinski definition) is 2. The Labute approximate surface area is 88.7 Å². The average molecular weight is 222 g/mol. The SMILES string of the molecule is CCN(CCC(C)(C)C#N)CC(F)(F)F. The Kier molecular flexibility index (Phi) is 5.09. The van der Waals surface area contributed by atoms with Crippen LogP contribution in [0, 0.1) is 16.7 Å². The van der Waals surface area contributed by atoms with E-state index in [2.05, 4.69) is 6.07 Å². The predicted octanol–water partition coefficient (Wildman–Crippen LogP) is 2.81. The van der Waals surface area contributed by atoms with E-state index in [-0.39, 0.29) is 0 Å². The zero-order valence-electron chi connectivity index (χ0n) is 9.36. The van der Waals surface area contributed by atoms with Crippen LogP contribution in [-0.4, -0.2) is 30.7 Å². The number of nitriles is 1. The standard InChI is InChI=1S/C10H17F3N2/c1-4-15(8-10(11,12)13)6-5-9(2,3)7-14/h4-6,8H2,1-3H3. The van der Waals surface area contributed by atoms with E-state index in [1.807, 2.05) is 0 Å². The molecule has 0 saturated heterocycles. The lowest BCUT2D eigenvalue weighted by Crippen LogP contribution is -2.36. The summed E-state index contributed by atoms with van der Waals surface area (Å²) >= 11 is 0. The molecule has 0 aromatic rings. The van der Waals surface area contributed by atoms with Gasteiger partial charge in [0.05, 0.1) is 18.0 Å². The van der Waals surface area contributed by atoms with Crippen LogP contribution in [0.25, 0.3) is 0 Å². The monoisotopic (exact) mass is 222 g/mol. The van der Waals surface area contributed by atoms with Crippen LogP contribution in [-0.2, 0) is 0 Å². The molecule has 0 spiro atoms. The minimum atomic E-state index is -4.16. The molecule has 0 unspecified atom stereocenters. The van der Waals surface area contributed by atoms with Crippen molar-refractivity contribution in [1.29, 1.82) is 5.26 Å². The van der Waals surface area contributed by atoms with Gasteiger partial charge in [0, 0.05) is 0 Å². The molecule has 0 radical (unpaired) electrons. The molecule has 0 aliphatic carbocycles. The van der Waals surface area contributed by atoms with Crippen molar-refractivity contribution < 1.29 is 13.2 Å². The summed E-state index contributed by atoms with van der Waals surface area (Å²) in [7, 11) is 0. The van der Waals surface area contributed by atoms with Gasteiger partial charge in [0.2, 0.25) is 0 Å². The molecule has 0 atom stereocenters. The number of rotatable bonds is 5. The van der Waals surface area contributed by atoms with Crippen molar-refractivity contribution in [3.05, 3.63) is 0 Å². The minimum Gasteiger partial charge on any atom is -0.295 e. The summed E-state index contributed by atoms with van der Waals surface area (Å²) < 4.78 is 36.3. The molecule has 15 heavy (non-hydrogen) atoms. The second-order valence-electron chi connectivity index (χ2n) is 4.23. The van der Waals surface area contributed by atoms with Gasteiger partial charge in [-0.15, -0.1) is 0 Å². The van der Waals surface area contributed by atoms with Crippen LogP contribution in [0.5, 0.6) is 0 Å². The normalized spacial score (nSPS) is 12.9. The van der Waals surface area contributed by atoms with Gasteiger partial charge in [-0.2, -0.15) is 18.4 Å². The van der Waals surface area contributed by atoms with Gasteiger partial charge < -0.3 is 0 Å². The third-order valence-corrected chi connectivity index (χ3v) is 2.21. The van der Waals surface area contributed by atoms with Crippen molar-refractivity contribution in [2.24, 2.45) is 5.41 Å².